The molecule has 0 N–H and O–H groups in total. The van der Waals surface area contributed by atoms with Crippen molar-refractivity contribution < 1.29 is 23.9 Å². The summed E-state index contributed by atoms with van der Waals surface area (Å²) >= 11 is 0. The van der Waals surface area contributed by atoms with Crippen LogP contribution in [0.1, 0.15) is 13.3 Å². The van der Waals surface area contributed by atoms with Crippen LogP contribution in [-0.2, 0) is 23.9 Å². The quantitative estimate of drug-likeness (QED) is 0.351. The summed E-state index contributed by atoms with van der Waals surface area (Å²) in [7, 11) is 0. The molecule has 0 amide bonds. The average Bonchev–Trinajstić information content (AvgIpc) is 2.43. The Labute approximate surface area is 86.0 Å². The third-order valence-corrected chi connectivity index (χ3v) is 2.58. The number of carbonyl (C=O) groups excluding carboxylic acids is 3. The minimum atomic E-state index is -0.666. The van der Waals surface area contributed by atoms with Crippen molar-refractivity contribution >= 4 is 17.9 Å². The molecule has 15 heavy (non-hydrogen) atoms. The Balaban J connectivity index is 2.22. The lowest BCUT2D eigenvalue weighted by atomic mass is 9.83. The lowest BCUT2D eigenvalue weighted by Crippen LogP contribution is -2.34. The highest BCUT2D eigenvalue weighted by Gasteiger charge is 2.50. The number of rotatable bonds is 1. The van der Waals surface area contributed by atoms with Gasteiger partial charge in [0.2, 0.25) is 0 Å². The van der Waals surface area contributed by atoms with E-state index >= 15 is 0 Å². The lowest BCUT2D eigenvalue weighted by molar-refractivity contribution is -0.155. The molecular formula is C10H10O5. The van der Waals surface area contributed by atoms with Crippen LogP contribution in [0.15, 0.2) is 12.2 Å². The van der Waals surface area contributed by atoms with E-state index < -0.39 is 35.8 Å². The van der Waals surface area contributed by atoms with Crippen LogP contribution in [-0.4, -0.2) is 24.0 Å². The number of hydrogen-bond donors (Lipinski definition) is 0. The fourth-order valence-corrected chi connectivity index (χ4v) is 1.94. The van der Waals surface area contributed by atoms with Crippen LogP contribution in [0.2, 0.25) is 0 Å². The first kappa shape index (κ1) is 9.89. The number of allylic oxidation sites excluding steroid dienone is 1. The molecule has 2 aliphatic rings. The Morgan fingerprint density at radius 1 is 1.47 bits per heavy atom. The SMILES string of the molecule is CC(=O)OC1C=CCC2C(=O)OC(=O)C12. The van der Waals surface area contributed by atoms with Gasteiger partial charge in [0.25, 0.3) is 0 Å². The molecule has 0 aromatic heterocycles. The largest absolute Gasteiger partial charge is 0.457 e. The molecule has 2 rings (SSSR count). The normalized spacial score (nSPS) is 33.5. The molecule has 0 bridgehead atoms. The molecule has 0 radical (unpaired) electrons. The zero-order chi connectivity index (χ0) is 11.0. The van der Waals surface area contributed by atoms with Crippen LogP contribution < -0.4 is 0 Å². The fraction of sp³-hybridized carbons (Fsp3) is 0.500. The first-order chi connectivity index (χ1) is 7.09. The second-order valence-electron chi connectivity index (χ2n) is 3.61. The molecular weight excluding hydrogens is 200 g/mol. The summed E-state index contributed by atoms with van der Waals surface area (Å²) in [5.41, 5.74) is 0. The van der Waals surface area contributed by atoms with Crippen molar-refractivity contribution in [3.05, 3.63) is 12.2 Å². The summed E-state index contributed by atoms with van der Waals surface area (Å²) in [4.78, 5) is 33.4. The Bertz CT molecular complexity index is 357. The van der Waals surface area contributed by atoms with Gasteiger partial charge in [-0.05, 0) is 12.5 Å². The minimum absolute atomic E-state index is 0.465. The smallest absolute Gasteiger partial charge is 0.321 e. The van der Waals surface area contributed by atoms with Gasteiger partial charge >= 0.3 is 17.9 Å². The van der Waals surface area contributed by atoms with Gasteiger partial charge < -0.3 is 9.47 Å². The summed E-state index contributed by atoms with van der Waals surface area (Å²) in [6.07, 6.45) is 3.16. The van der Waals surface area contributed by atoms with Crippen LogP contribution in [0.5, 0.6) is 0 Å². The summed E-state index contributed by atoms with van der Waals surface area (Å²) in [5, 5.41) is 0. The monoisotopic (exact) mass is 210 g/mol. The van der Waals surface area contributed by atoms with E-state index in [-0.39, 0.29) is 0 Å². The summed E-state index contributed by atoms with van der Waals surface area (Å²) in [6.45, 7) is 1.26. The van der Waals surface area contributed by atoms with E-state index in [2.05, 4.69) is 4.74 Å². The van der Waals surface area contributed by atoms with E-state index in [9.17, 15) is 14.4 Å². The number of hydrogen-bond acceptors (Lipinski definition) is 5. The van der Waals surface area contributed by atoms with Crippen molar-refractivity contribution in [2.45, 2.75) is 19.4 Å². The molecule has 0 aromatic rings. The van der Waals surface area contributed by atoms with Gasteiger partial charge in [-0.1, -0.05) is 6.08 Å². The molecule has 80 valence electrons. The molecule has 1 aliphatic carbocycles. The van der Waals surface area contributed by atoms with Crippen LogP contribution in [0.3, 0.4) is 0 Å². The van der Waals surface area contributed by atoms with Gasteiger partial charge in [0.15, 0.2) is 0 Å². The first-order valence-corrected chi connectivity index (χ1v) is 4.69. The predicted octanol–water partition coefficient (Wildman–Crippen LogP) is 0.194. The zero-order valence-electron chi connectivity index (χ0n) is 8.14. The van der Waals surface area contributed by atoms with Crippen molar-refractivity contribution in [1.82, 2.24) is 0 Å². The van der Waals surface area contributed by atoms with Gasteiger partial charge in [-0.25, -0.2) is 0 Å². The van der Waals surface area contributed by atoms with Crippen molar-refractivity contribution in [3.63, 3.8) is 0 Å². The molecule has 1 fully saturated rings. The topological polar surface area (TPSA) is 69.7 Å². The van der Waals surface area contributed by atoms with Gasteiger partial charge in [0, 0.05) is 6.92 Å². The maximum absolute atomic E-state index is 11.3. The van der Waals surface area contributed by atoms with Crippen molar-refractivity contribution in [2.75, 3.05) is 0 Å². The number of carbonyl (C=O) groups is 3. The Morgan fingerprint density at radius 2 is 2.20 bits per heavy atom. The van der Waals surface area contributed by atoms with E-state index in [0.29, 0.717) is 6.42 Å². The standard InChI is InChI=1S/C10H10O5/c1-5(11)14-7-4-2-3-6-8(7)10(13)15-9(6)12/h2,4,6-8H,3H2,1H3. The molecule has 1 aliphatic heterocycles. The number of fused-ring (bicyclic) bond motifs is 1. The van der Waals surface area contributed by atoms with Crippen LogP contribution in [0, 0.1) is 11.8 Å². The first-order valence-electron chi connectivity index (χ1n) is 4.69. The fourth-order valence-electron chi connectivity index (χ4n) is 1.94. The van der Waals surface area contributed by atoms with Gasteiger partial charge in [-0.2, -0.15) is 0 Å². The van der Waals surface area contributed by atoms with E-state index in [1.807, 2.05) is 0 Å². The van der Waals surface area contributed by atoms with Crippen LogP contribution in [0.4, 0.5) is 0 Å². The van der Waals surface area contributed by atoms with Crippen LogP contribution in [0.25, 0.3) is 0 Å². The Hall–Kier alpha value is -1.65. The van der Waals surface area contributed by atoms with Crippen molar-refractivity contribution in [1.29, 1.82) is 0 Å². The van der Waals surface area contributed by atoms with Crippen molar-refractivity contribution in [3.8, 4) is 0 Å². The zero-order valence-corrected chi connectivity index (χ0v) is 8.14. The van der Waals surface area contributed by atoms with E-state index in [1.54, 1.807) is 12.2 Å². The molecule has 0 aromatic carbocycles. The molecule has 3 unspecified atom stereocenters. The number of esters is 3. The maximum Gasteiger partial charge on any atom is 0.321 e. The second-order valence-corrected chi connectivity index (χ2v) is 3.61. The van der Waals surface area contributed by atoms with E-state index in [4.69, 9.17) is 4.74 Å². The molecule has 1 saturated heterocycles. The van der Waals surface area contributed by atoms with E-state index in [1.165, 1.54) is 6.92 Å². The van der Waals surface area contributed by atoms with Crippen LogP contribution >= 0.6 is 0 Å². The summed E-state index contributed by atoms with van der Waals surface area (Å²) in [5.74, 6) is -2.75. The highest BCUT2D eigenvalue weighted by molar-refractivity contribution is 5.97. The maximum atomic E-state index is 11.3. The number of ether oxygens (including phenoxy) is 2. The molecule has 0 saturated carbocycles. The van der Waals surface area contributed by atoms with Gasteiger partial charge in [0.05, 0.1) is 5.92 Å². The highest BCUT2D eigenvalue weighted by Crippen LogP contribution is 2.34. The van der Waals surface area contributed by atoms with E-state index in [0.717, 1.165) is 0 Å². The third kappa shape index (κ3) is 1.65. The molecule has 3 atom stereocenters. The molecule has 5 heteroatoms. The highest BCUT2D eigenvalue weighted by atomic mass is 16.6. The van der Waals surface area contributed by atoms with Gasteiger partial charge in [-0.15, -0.1) is 0 Å². The minimum Gasteiger partial charge on any atom is -0.457 e. The molecule has 1 heterocycles. The predicted molar refractivity (Wildman–Crippen MR) is 47.4 cm³/mol. The Morgan fingerprint density at radius 3 is 2.87 bits per heavy atom. The second kappa shape index (κ2) is 3.49. The summed E-state index contributed by atoms with van der Waals surface area (Å²) in [6, 6.07) is 0. The molecule has 0 spiro atoms. The Kier molecular flexibility index (Phi) is 2.30. The number of cyclic esters (lactones) is 2. The average molecular weight is 210 g/mol. The third-order valence-electron chi connectivity index (χ3n) is 2.58. The van der Waals surface area contributed by atoms with Crippen molar-refractivity contribution in [2.24, 2.45) is 11.8 Å². The lowest BCUT2D eigenvalue weighted by Gasteiger charge is -2.23. The summed E-state index contributed by atoms with van der Waals surface area (Å²) < 4.78 is 9.46. The molecule has 5 nitrogen and oxygen atoms in total. The van der Waals surface area contributed by atoms with Gasteiger partial charge in [-0.3, -0.25) is 14.4 Å². The van der Waals surface area contributed by atoms with Gasteiger partial charge in [0.1, 0.15) is 12.0 Å².